The van der Waals surface area contributed by atoms with Crippen LogP contribution in [0.2, 0.25) is 5.02 Å². The molecule has 0 aliphatic heterocycles. The molecule has 2 aromatic heterocycles. The molecule has 0 saturated carbocycles. The summed E-state index contributed by atoms with van der Waals surface area (Å²) in [7, 11) is 2.93. The number of thioether (sulfide) groups is 1. The van der Waals surface area contributed by atoms with Crippen LogP contribution in [0.1, 0.15) is 32.2 Å². The number of anilines is 1. The number of carbonyl (C=O) groups excluding carboxylic acids is 1. The Balaban J connectivity index is 1.98. The Labute approximate surface area is 193 Å². The highest BCUT2D eigenvalue weighted by atomic mass is 35.5. The number of nitrogens with one attached hydrogen (secondary N) is 1. The van der Waals surface area contributed by atoms with Gasteiger partial charge >= 0.3 is 5.69 Å². The highest BCUT2D eigenvalue weighted by Crippen LogP contribution is 2.27. The van der Waals surface area contributed by atoms with E-state index in [-0.39, 0.29) is 27.7 Å². The molecule has 32 heavy (non-hydrogen) atoms. The SMILES string of the molecule is Cn1c(=O)c2c(SCC(=O)Nc3ccc(C#N)c(Cl)c3)nc(C(C)(C)C)nc2n(C)c1=O. The van der Waals surface area contributed by atoms with Crippen molar-refractivity contribution in [3.8, 4) is 6.07 Å². The zero-order valence-electron chi connectivity index (χ0n) is 18.2. The van der Waals surface area contributed by atoms with Gasteiger partial charge in [0, 0.05) is 25.2 Å². The zero-order valence-corrected chi connectivity index (χ0v) is 19.8. The van der Waals surface area contributed by atoms with Crippen LogP contribution in [0.25, 0.3) is 11.0 Å². The monoisotopic (exact) mass is 472 g/mol. The molecular weight excluding hydrogens is 452 g/mol. The molecular formula is C21H21ClN6O3S. The number of benzene rings is 1. The molecule has 0 bridgehead atoms. The second kappa shape index (κ2) is 8.76. The molecule has 0 fully saturated rings. The second-order valence-corrected chi connectivity index (χ2v) is 9.52. The molecule has 0 aliphatic rings. The van der Waals surface area contributed by atoms with Gasteiger partial charge in [0.1, 0.15) is 22.3 Å². The fourth-order valence-electron chi connectivity index (χ4n) is 2.88. The first kappa shape index (κ1) is 23.5. The van der Waals surface area contributed by atoms with E-state index in [0.29, 0.717) is 22.1 Å². The van der Waals surface area contributed by atoms with Crippen LogP contribution in [-0.2, 0) is 24.3 Å². The number of aromatic nitrogens is 4. The minimum absolute atomic E-state index is 0.0423. The summed E-state index contributed by atoms with van der Waals surface area (Å²) in [6.45, 7) is 5.76. The van der Waals surface area contributed by atoms with Gasteiger partial charge in [-0.2, -0.15) is 5.26 Å². The first-order valence-electron chi connectivity index (χ1n) is 9.54. The van der Waals surface area contributed by atoms with E-state index in [2.05, 4.69) is 15.3 Å². The zero-order chi connectivity index (χ0) is 23.8. The third-order valence-electron chi connectivity index (χ3n) is 4.65. The average Bonchev–Trinajstić information content (AvgIpc) is 2.73. The molecule has 11 heteroatoms. The molecule has 0 radical (unpaired) electrons. The third-order valence-corrected chi connectivity index (χ3v) is 5.94. The quantitative estimate of drug-likeness (QED) is 0.457. The molecule has 1 amide bonds. The Hall–Kier alpha value is -3.16. The standard InChI is InChI=1S/C21H21ClN6O3S/c1-21(2,3)19-25-16-15(18(30)28(5)20(31)27(16)4)17(26-19)32-10-14(29)24-12-7-6-11(9-23)13(22)8-12/h6-8H,10H2,1-5H3,(H,24,29). The Kier molecular flexibility index (Phi) is 6.44. The smallest absolute Gasteiger partial charge is 0.325 e. The van der Waals surface area contributed by atoms with Crippen molar-refractivity contribution < 1.29 is 4.79 Å². The molecule has 166 valence electrons. The minimum Gasteiger partial charge on any atom is -0.325 e. The van der Waals surface area contributed by atoms with Crippen molar-refractivity contribution in [2.45, 2.75) is 31.2 Å². The average molecular weight is 473 g/mol. The van der Waals surface area contributed by atoms with E-state index in [4.69, 9.17) is 16.9 Å². The maximum Gasteiger partial charge on any atom is 0.332 e. The van der Waals surface area contributed by atoms with Gasteiger partial charge in [-0.05, 0) is 18.2 Å². The van der Waals surface area contributed by atoms with Gasteiger partial charge in [0.25, 0.3) is 5.56 Å². The molecule has 0 aliphatic carbocycles. The number of fused-ring (bicyclic) bond motifs is 1. The van der Waals surface area contributed by atoms with E-state index in [1.807, 2.05) is 26.8 Å². The van der Waals surface area contributed by atoms with Gasteiger partial charge in [0.05, 0.1) is 16.3 Å². The molecule has 9 nitrogen and oxygen atoms in total. The molecule has 0 saturated heterocycles. The summed E-state index contributed by atoms with van der Waals surface area (Å²) in [5.41, 5.74) is -0.483. The van der Waals surface area contributed by atoms with Crippen LogP contribution < -0.4 is 16.6 Å². The Bertz CT molecular complexity index is 1400. The summed E-state index contributed by atoms with van der Waals surface area (Å²) in [5, 5.41) is 12.4. The number of aryl methyl sites for hydroxylation is 1. The summed E-state index contributed by atoms with van der Waals surface area (Å²) in [4.78, 5) is 46.8. The molecule has 3 aromatic rings. The minimum atomic E-state index is -0.523. The molecule has 1 aromatic carbocycles. The van der Waals surface area contributed by atoms with E-state index in [1.165, 1.54) is 23.7 Å². The van der Waals surface area contributed by atoms with Gasteiger partial charge in [-0.15, -0.1) is 0 Å². The van der Waals surface area contributed by atoms with Gasteiger partial charge < -0.3 is 5.32 Å². The fourth-order valence-corrected chi connectivity index (χ4v) is 3.92. The van der Waals surface area contributed by atoms with E-state index >= 15 is 0 Å². The van der Waals surface area contributed by atoms with Crippen molar-refractivity contribution in [1.29, 1.82) is 5.26 Å². The lowest BCUT2D eigenvalue weighted by Gasteiger charge is -2.19. The van der Waals surface area contributed by atoms with Crippen LogP contribution in [0.5, 0.6) is 0 Å². The molecule has 0 spiro atoms. The van der Waals surface area contributed by atoms with Crippen LogP contribution in [0.3, 0.4) is 0 Å². The van der Waals surface area contributed by atoms with Crippen molar-refractivity contribution in [3.63, 3.8) is 0 Å². The predicted octanol–water partition coefficient (Wildman–Crippen LogP) is 2.58. The van der Waals surface area contributed by atoms with Crippen molar-refractivity contribution in [1.82, 2.24) is 19.1 Å². The maximum atomic E-state index is 12.8. The van der Waals surface area contributed by atoms with Crippen LogP contribution >= 0.6 is 23.4 Å². The van der Waals surface area contributed by atoms with Crippen LogP contribution in [0, 0.1) is 11.3 Å². The van der Waals surface area contributed by atoms with E-state index < -0.39 is 16.7 Å². The summed E-state index contributed by atoms with van der Waals surface area (Å²) in [6.07, 6.45) is 0. The first-order chi connectivity index (χ1) is 14.9. The highest BCUT2D eigenvalue weighted by molar-refractivity contribution is 8.00. The van der Waals surface area contributed by atoms with Crippen molar-refractivity contribution in [3.05, 3.63) is 55.4 Å². The van der Waals surface area contributed by atoms with Gasteiger partial charge in [-0.1, -0.05) is 44.1 Å². The number of hydrogen-bond acceptors (Lipinski definition) is 7. The summed E-state index contributed by atoms with van der Waals surface area (Å²) in [6, 6.07) is 6.54. The van der Waals surface area contributed by atoms with Gasteiger partial charge in [-0.25, -0.2) is 14.8 Å². The van der Waals surface area contributed by atoms with Gasteiger partial charge in [0.15, 0.2) is 5.65 Å². The van der Waals surface area contributed by atoms with Gasteiger partial charge in [0.2, 0.25) is 5.91 Å². The second-order valence-electron chi connectivity index (χ2n) is 8.15. The van der Waals surface area contributed by atoms with Crippen LogP contribution in [-0.4, -0.2) is 30.8 Å². The number of nitrogens with zero attached hydrogens (tertiary/aromatic N) is 5. The normalized spacial score (nSPS) is 11.4. The fraction of sp³-hybridized carbons (Fsp3) is 0.333. The van der Waals surface area contributed by atoms with Crippen molar-refractivity contribution >= 4 is 46.0 Å². The van der Waals surface area contributed by atoms with Crippen molar-refractivity contribution in [2.75, 3.05) is 11.1 Å². The number of rotatable bonds is 4. The lowest BCUT2D eigenvalue weighted by atomic mass is 9.96. The van der Waals surface area contributed by atoms with E-state index in [1.54, 1.807) is 13.1 Å². The molecule has 0 unspecified atom stereocenters. The van der Waals surface area contributed by atoms with Crippen molar-refractivity contribution in [2.24, 2.45) is 14.1 Å². The lowest BCUT2D eigenvalue weighted by Crippen LogP contribution is -2.38. The van der Waals surface area contributed by atoms with Crippen LogP contribution in [0.4, 0.5) is 5.69 Å². The Morgan fingerprint density at radius 2 is 1.91 bits per heavy atom. The topological polar surface area (TPSA) is 123 Å². The largest absolute Gasteiger partial charge is 0.332 e. The van der Waals surface area contributed by atoms with E-state index in [0.717, 1.165) is 16.3 Å². The van der Waals surface area contributed by atoms with Crippen LogP contribution in [0.15, 0.2) is 32.8 Å². The molecule has 2 heterocycles. The molecule has 1 N–H and O–H groups in total. The summed E-state index contributed by atoms with van der Waals surface area (Å²) >= 11 is 7.09. The Morgan fingerprint density at radius 3 is 2.50 bits per heavy atom. The Morgan fingerprint density at radius 1 is 1.22 bits per heavy atom. The number of halogens is 1. The molecule has 3 rings (SSSR count). The first-order valence-corrected chi connectivity index (χ1v) is 10.9. The van der Waals surface area contributed by atoms with Gasteiger partial charge in [-0.3, -0.25) is 18.7 Å². The summed E-state index contributed by atoms with van der Waals surface area (Å²) in [5.74, 6) is 0.0655. The number of carbonyl (C=O) groups is 1. The maximum absolute atomic E-state index is 12.8. The molecule has 0 atom stereocenters. The lowest BCUT2D eigenvalue weighted by molar-refractivity contribution is -0.113. The third kappa shape index (κ3) is 4.54. The number of nitriles is 1. The number of amides is 1. The predicted molar refractivity (Wildman–Crippen MR) is 124 cm³/mol. The number of hydrogen-bond donors (Lipinski definition) is 1. The highest BCUT2D eigenvalue weighted by Gasteiger charge is 2.24. The summed E-state index contributed by atoms with van der Waals surface area (Å²) < 4.78 is 2.29. The van der Waals surface area contributed by atoms with E-state index in [9.17, 15) is 14.4 Å².